The fraction of sp³-hybridized carbons (Fsp3) is 0.917. The first-order valence-corrected chi connectivity index (χ1v) is 12.4. The van der Waals surface area contributed by atoms with Gasteiger partial charge in [0.25, 0.3) is 0 Å². The third kappa shape index (κ3) is 3.21. The number of rotatable bonds is 3. The first-order valence-electron chi connectivity index (χ1n) is 12.4. The van der Waals surface area contributed by atoms with Crippen LogP contribution >= 0.6 is 0 Å². The van der Waals surface area contributed by atoms with Gasteiger partial charge in [-0.25, -0.2) is 0 Å². The van der Waals surface area contributed by atoms with Crippen molar-refractivity contribution in [3.8, 4) is 0 Å². The van der Waals surface area contributed by atoms with Crippen molar-refractivity contribution in [3.05, 3.63) is 0 Å². The highest BCUT2D eigenvalue weighted by Crippen LogP contribution is 2.60. The summed E-state index contributed by atoms with van der Waals surface area (Å²) in [5.74, 6) is 3.03. The summed E-state index contributed by atoms with van der Waals surface area (Å²) in [6.45, 7) is 3.59. The number of ether oxygens (including phenoxy) is 2. The van der Waals surface area contributed by atoms with Gasteiger partial charge in [0.1, 0.15) is 6.04 Å². The van der Waals surface area contributed by atoms with Crippen molar-refractivity contribution in [2.24, 2.45) is 29.1 Å². The van der Waals surface area contributed by atoms with E-state index in [4.69, 9.17) is 9.47 Å². The van der Waals surface area contributed by atoms with Crippen molar-refractivity contribution in [1.82, 2.24) is 9.80 Å². The lowest BCUT2D eigenvalue weighted by atomic mass is 9.49. The van der Waals surface area contributed by atoms with E-state index in [0.29, 0.717) is 25.7 Å². The Kier molecular flexibility index (Phi) is 4.87. The molecule has 4 aliphatic carbocycles. The molecular formula is C24H36N2O4. The molecule has 0 aromatic carbocycles. The molecular weight excluding hydrogens is 380 g/mol. The van der Waals surface area contributed by atoms with E-state index in [2.05, 4.69) is 0 Å². The fourth-order valence-corrected chi connectivity index (χ4v) is 8.24. The molecule has 6 nitrogen and oxygen atoms in total. The zero-order chi connectivity index (χ0) is 20.3. The second-order valence-electron chi connectivity index (χ2n) is 11.2. The van der Waals surface area contributed by atoms with Crippen molar-refractivity contribution in [2.45, 2.75) is 76.5 Å². The van der Waals surface area contributed by atoms with Gasteiger partial charge in [-0.05, 0) is 82.0 Å². The Morgan fingerprint density at radius 2 is 1.47 bits per heavy atom. The molecule has 0 N–H and O–H groups in total. The van der Waals surface area contributed by atoms with Crippen LogP contribution in [-0.2, 0) is 19.1 Å². The first kappa shape index (κ1) is 19.5. The number of amides is 2. The normalized spacial score (nSPS) is 43.5. The van der Waals surface area contributed by atoms with Crippen LogP contribution in [0.3, 0.4) is 0 Å². The maximum absolute atomic E-state index is 13.9. The van der Waals surface area contributed by atoms with E-state index in [1.165, 1.54) is 19.3 Å². The summed E-state index contributed by atoms with van der Waals surface area (Å²) in [6, 6.07) is -0.241. The summed E-state index contributed by atoms with van der Waals surface area (Å²) < 4.78 is 11.4. The molecule has 2 unspecified atom stereocenters. The minimum Gasteiger partial charge on any atom is -0.350 e. The Balaban J connectivity index is 1.16. The highest BCUT2D eigenvalue weighted by molar-refractivity contribution is 5.91. The van der Waals surface area contributed by atoms with Gasteiger partial charge in [0.2, 0.25) is 11.8 Å². The molecule has 2 atom stereocenters. The van der Waals surface area contributed by atoms with Gasteiger partial charge in [0, 0.05) is 25.6 Å². The van der Waals surface area contributed by atoms with Crippen molar-refractivity contribution in [3.63, 3.8) is 0 Å². The standard InChI is InChI=1S/C24H36N2O4/c27-21(25-5-1-3-19(15-25)22-29-7-8-30-22)20-4-2-6-26(20)23(28)24-12-16-9-17(13-24)11-18(10-16)14-24/h16-20,22H,1-15H2. The molecule has 3 saturated heterocycles. The number of hydrogen-bond donors (Lipinski definition) is 0. The zero-order valence-corrected chi connectivity index (χ0v) is 18.1. The van der Waals surface area contributed by atoms with Gasteiger partial charge in [0.05, 0.1) is 18.6 Å². The highest BCUT2D eigenvalue weighted by Gasteiger charge is 2.57. The molecule has 3 aliphatic heterocycles. The van der Waals surface area contributed by atoms with Gasteiger partial charge in [-0.3, -0.25) is 9.59 Å². The third-order valence-corrected chi connectivity index (χ3v) is 9.09. The van der Waals surface area contributed by atoms with E-state index >= 15 is 0 Å². The fourth-order valence-electron chi connectivity index (χ4n) is 8.24. The molecule has 30 heavy (non-hydrogen) atoms. The molecule has 2 amide bonds. The minimum absolute atomic E-state index is 0.145. The van der Waals surface area contributed by atoms with Gasteiger partial charge < -0.3 is 19.3 Å². The zero-order valence-electron chi connectivity index (χ0n) is 18.1. The Hall–Kier alpha value is -1.14. The lowest BCUT2D eigenvalue weighted by Gasteiger charge is -2.56. The molecule has 4 bridgehead atoms. The summed E-state index contributed by atoms with van der Waals surface area (Å²) in [7, 11) is 0. The molecule has 166 valence electrons. The lowest BCUT2D eigenvalue weighted by molar-refractivity contribution is -0.163. The van der Waals surface area contributed by atoms with Gasteiger partial charge in [-0.2, -0.15) is 0 Å². The SMILES string of the molecule is O=C(C1CCCN1C(=O)C12CC3CC(CC(C3)C1)C2)N1CCCC(C2OCCO2)C1. The predicted molar refractivity (Wildman–Crippen MR) is 110 cm³/mol. The van der Waals surface area contributed by atoms with Crippen LogP contribution in [0.1, 0.15) is 64.2 Å². The molecule has 3 heterocycles. The summed E-state index contributed by atoms with van der Waals surface area (Å²) in [4.78, 5) is 31.5. The van der Waals surface area contributed by atoms with E-state index in [1.54, 1.807) is 0 Å². The van der Waals surface area contributed by atoms with Crippen LogP contribution in [0, 0.1) is 29.1 Å². The van der Waals surface area contributed by atoms with E-state index in [0.717, 1.165) is 75.8 Å². The average molecular weight is 417 g/mol. The maximum atomic E-state index is 13.9. The number of likely N-dealkylation sites (tertiary alicyclic amines) is 2. The van der Waals surface area contributed by atoms with Gasteiger partial charge >= 0.3 is 0 Å². The van der Waals surface area contributed by atoms with E-state index in [1.807, 2.05) is 9.80 Å². The molecule has 0 radical (unpaired) electrons. The van der Waals surface area contributed by atoms with E-state index in [9.17, 15) is 9.59 Å². The summed E-state index contributed by atoms with van der Waals surface area (Å²) in [5.41, 5.74) is -0.145. The molecule has 7 fully saturated rings. The monoisotopic (exact) mass is 416 g/mol. The molecule has 0 aromatic heterocycles. The number of carbonyl (C=O) groups excluding carboxylic acids is 2. The Labute approximate surface area is 179 Å². The van der Waals surface area contributed by atoms with Gasteiger partial charge in [-0.15, -0.1) is 0 Å². The molecule has 0 aromatic rings. The number of hydrogen-bond acceptors (Lipinski definition) is 4. The van der Waals surface area contributed by atoms with Crippen LogP contribution in [0.4, 0.5) is 0 Å². The Bertz CT molecular complexity index is 668. The van der Waals surface area contributed by atoms with Gasteiger partial charge in [0.15, 0.2) is 6.29 Å². The van der Waals surface area contributed by atoms with Crippen LogP contribution in [0.25, 0.3) is 0 Å². The van der Waals surface area contributed by atoms with Crippen molar-refractivity contribution in [2.75, 3.05) is 32.8 Å². The summed E-state index contributed by atoms with van der Waals surface area (Å²) in [5, 5.41) is 0. The second-order valence-corrected chi connectivity index (χ2v) is 11.2. The molecule has 0 spiro atoms. The second kappa shape index (κ2) is 7.47. The van der Waals surface area contributed by atoms with Crippen molar-refractivity contribution in [1.29, 1.82) is 0 Å². The van der Waals surface area contributed by atoms with E-state index < -0.39 is 0 Å². The topological polar surface area (TPSA) is 59.1 Å². The predicted octanol–water partition coefficient (Wildman–Crippen LogP) is 2.81. The van der Waals surface area contributed by atoms with Crippen molar-refractivity contribution >= 4 is 11.8 Å². The quantitative estimate of drug-likeness (QED) is 0.710. The average Bonchev–Trinajstić information content (AvgIpc) is 3.44. The van der Waals surface area contributed by atoms with Crippen molar-refractivity contribution < 1.29 is 19.1 Å². The Morgan fingerprint density at radius 1 is 0.833 bits per heavy atom. The lowest BCUT2D eigenvalue weighted by Crippen LogP contribution is -2.58. The highest BCUT2D eigenvalue weighted by atomic mass is 16.7. The molecule has 4 saturated carbocycles. The summed E-state index contributed by atoms with van der Waals surface area (Å²) in [6.07, 6.45) is 10.9. The summed E-state index contributed by atoms with van der Waals surface area (Å²) >= 11 is 0. The van der Waals surface area contributed by atoms with E-state index in [-0.39, 0.29) is 29.6 Å². The number of piperidine rings is 1. The maximum Gasteiger partial charge on any atom is 0.245 e. The number of carbonyl (C=O) groups is 2. The third-order valence-electron chi connectivity index (χ3n) is 9.09. The van der Waals surface area contributed by atoms with Crippen LogP contribution in [0.2, 0.25) is 0 Å². The van der Waals surface area contributed by atoms with Gasteiger partial charge in [-0.1, -0.05) is 0 Å². The number of nitrogens with zero attached hydrogens (tertiary/aromatic N) is 2. The molecule has 6 heteroatoms. The van der Waals surface area contributed by atoms with Crippen LogP contribution in [0.5, 0.6) is 0 Å². The smallest absolute Gasteiger partial charge is 0.245 e. The minimum atomic E-state index is -0.241. The largest absolute Gasteiger partial charge is 0.350 e. The molecule has 7 aliphatic rings. The van der Waals surface area contributed by atoms with Crippen LogP contribution < -0.4 is 0 Å². The first-order chi connectivity index (χ1) is 14.6. The van der Waals surface area contributed by atoms with Crippen LogP contribution in [-0.4, -0.2) is 66.8 Å². The van der Waals surface area contributed by atoms with Crippen LogP contribution in [0.15, 0.2) is 0 Å². The molecule has 7 rings (SSSR count). The Morgan fingerprint density at radius 3 is 2.13 bits per heavy atom.